The van der Waals surface area contributed by atoms with Gasteiger partial charge in [-0.25, -0.2) is 0 Å². The van der Waals surface area contributed by atoms with Gasteiger partial charge in [0.15, 0.2) is 0 Å². The van der Waals surface area contributed by atoms with Gasteiger partial charge in [0, 0.05) is 10.8 Å². The van der Waals surface area contributed by atoms with Crippen LogP contribution in [0.15, 0.2) is 103 Å². The summed E-state index contributed by atoms with van der Waals surface area (Å²) in [5.74, 6) is 0. The Labute approximate surface area is 309 Å². The van der Waals surface area contributed by atoms with Gasteiger partial charge in [0.2, 0.25) is 0 Å². The molecule has 0 radical (unpaired) electrons. The highest BCUT2D eigenvalue weighted by atomic mass is 14.5. The summed E-state index contributed by atoms with van der Waals surface area (Å²) < 4.78 is 0. The molecule has 0 saturated carbocycles. The van der Waals surface area contributed by atoms with E-state index >= 15 is 0 Å². The summed E-state index contributed by atoms with van der Waals surface area (Å²) in [6.45, 7) is 11.7. The van der Waals surface area contributed by atoms with Gasteiger partial charge in [0.05, 0.1) is 0 Å². The molecule has 0 amide bonds. The molecule has 0 N–H and O–H groups in total. The van der Waals surface area contributed by atoms with Crippen molar-refractivity contribution in [3.05, 3.63) is 131 Å². The molecule has 0 unspecified atom stereocenters. The molecule has 0 spiro atoms. The van der Waals surface area contributed by atoms with Crippen molar-refractivity contribution in [3.8, 4) is 44.5 Å². The minimum absolute atomic E-state index is 0.0618. The van der Waals surface area contributed by atoms with E-state index in [2.05, 4.69) is 138 Å². The number of unbranched alkanes of at least 4 members (excludes halogenated alkanes) is 10. The second kappa shape index (κ2) is 15.4. The lowest BCUT2D eigenvalue weighted by Crippen LogP contribution is -2.25. The largest absolute Gasteiger partial charge is 0.0654 e. The standard InChI is InChI=1S/C51H60/c1-6-8-10-12-14-18-32-51(33-19-15-13-11-9-7-2)46-21-17-16-20-42(46)45-31-28-41(36-49(45)51)40-27-30-44-43-29-26-39(38-24-22-37(3)23-25-38)34-47(43)50(4,5)48(44)35-40/h16-17,20-31,34-36H,6-15,18-19,32-33H2,1-5H3. The van der Waals surface area contributed by atoms with Crippen LogP contribution >= 0.6 is 0 Å². The first-order valence-corrected chi connectivity index (χ1v) is 20.5. The van der Waals surface area contributed by atoms with Crippen molar-refractivity contribution >= 4 is 0 Å². The van der Waals surface area contributed by atoms with Crippen LogP contribution in [0.2, 0.25) is 0 Å². The van der Waals surface area contributed by atoms with Crippen molar-refractivity contribution < 1.29 is 0 Å². The minimum Gasteiger partial charge on any atom is -0.0654 e. The first-order valence-electron chi connectivity index (χ1n) is 20.5. The summed E-state index contributed by atoms with van der Waals surface area (Å²) in [6.07, 6.45) is 18.7. The summed E-state index contributed by atoms with van der Waals surface area (Å²) in [7, 11) is 0. The third-order valence-corrected chi connectivity index (χ3v) is 12.6. The SMILES string of the molecule is CCCCCCCCC1(CCCCCCCC)c2ccccc2-c2ccc(-c3ccc4c(c3)C(C)(C)c3cc(-c5ccc(C)cc5)ccc3-4)cc21. The van der Waals surface area contributed by atoms with Crippen LogP contribution in [0.3, 0.4) is 0 Å². The molecule has 0 fully saturated rings. The zero-order valence-electron chi connectivity index (χ0n) is 32.2. The van der Waals surface area contributed by atoms with Crippen LogP contribution in [0.5, 0.6) is 0 Å². The van der Waals surface area contributed by atoms with Crippen molar-refractivity contribution in [1.29, 1.82) is 0 Å². The Balaban J connectivity index is 1.23. The second-order valence-corrected chi connectivity index (χ2v) is 16.4. The molecule has 0 heterocycles. The Morgan fingerprint density at radius 3 is 1.35 bits per heavy atom. The molecule has 0 atom stereocenters. The molecule has 0 aromatic heterocycles. The fourth-order valence-electron chi connectivity index (χ4n) is 9.56. The Kier molecular flexibility index (Phi) is 10.7. The van der Waals surface area contributed by atoms with E-state index in [4.69, 9.17) is 0 Å². The molecule has 0 nitrogen and oxygen atoms in total. The summed E-state index contributed by atoms with van der Waals surface area (Å²) in [6, 6.07) is 40.3. The average molecular weight is 673 g/mol. The summed E-state index contributed by atoms with van der Waals surface area (Å²) in [4.78, 5) is 0. The topological polar surface area (TPSA) is 0 Å². The molecule has 7 rings (SSSR count). The normalized spacial score (nSPS) is 14.6. The zero-order chi connectivity index (χ0) is 35.4. The maximum Gasteiger partial charge on any atom is 0.0215 e. The van der Waals surface area contributed by atoms with E-state index < -0.39 is 0 Å². The highest BCUT2D eigenvalue weighted by Gasteiger charge is 2.42. The molecule has 5 aromatic carbocycles. The van der Waals surface area contributed by atoms with Crippen LogP contribution in [-0.2, 0) is 10.8 Å². The van der Waals surface area contributed by atoms with E-state index in [0.29, 0.717) is 0 Å². The van der Waals surface area contributed by atoms with Crippen LogP contribution in [0, 0.1) is 6.92 Å². The monoisotopic (exact) mass is 672 g/mol. The molecule has 264 valence electrons. The lowest BCUT2D eigenvalue weighted by molar-refractivity contribution is 0.398. The smallest absolute Gasteiger partial charge is 0.0215 e. The van der Waals surface area contributed by atoms with Gasteiger partial charge in [-0.1, -0.05) is 195 Å². The molecule has 2 aliphatic rings. The Bertz CT molecular complexity index is 1940. The molecule has 0 heteroatoms. The van der Waals surface area contributed by atoms with Crippen LogP contribution in [0.1, 0.15) is 145 Å². The van der Waals surface area contributed by atoms with Gasteiger partial charge in [-0.3, -0.25) is 0 Å². The molecule has 51 heavy (non-hydrogen) atoms. The number of aryl methyl sites for hydroxylation is 1. The molecule has 0 aliphatic heterocycles. The maximum absolute atomic E-state index is 2.62. The zero-order valence-corrected chi connectivity index (χ0v) is 32.2. The number of benzene rings is 5. The highest BCUT2D eigenvalue weighted by molar-refractivity contribution is 5.88. The molecular formula is C51H60. The fraction of sp³-hybridized carbons (Fsp3) is 0.412. The Morgan fingerprint density at radius 1 is 0.392 bits per heavy atom. The van der Waals surface area contributed by atoms with E-state index in [9.17, 15) is 0 Å². The quantitative estimate of drug-likeness (QED) is 0.0915. The molecule has 0 bridgehead atoms. The van der Waals surface area contributed by atoms with Gasteiger partial charge in [-0.2, -0.15) is 0 Å². The number of hydrogen-bond acceptors (Lipinski definition) is 0. The summed E-state index contributed by atoms with van der Waals surface area (Å²) in [5.41, 5.74) is 18.5. The first kappa shape index (κ1) is 35.5. The Hall–Kier alpha value is -3.90. The summed E-state index contributed by atoms with van der Waals surface area (Å²) >= 11 is 0. The predicted molar refractivity (Wildman–Crippen MR) is 222 cm³/mol. The average Bonchev–Trinajstić information content (AvgIpc) is 3.55. The number of rotatable bonds is 16. The molecule has 5 aromatic rings. The minimum atomic E-state index is -0.0618. The fourth-order valence-corrected chi connectivity index (χ4v) is 9.56. The molecule has 0 saturated heterocycles. The summed E-state index contributed by atoms with van der Waals surface area (Å²) in [5, 5.41) is 0. The van der Waals surface area contributed by atoms with Crippen molar-refractivity contribution in [2.75, 3.05) is 0 Å². The molecular weight excluding hydrogens is 613 g/mol. The highest BCUT2D eigenvalue weighted by Crippen LogP contribution is 2.56. The van der Waals surface area contributed by atoms with E-state index in [0.717, 1.165) is 0 Å². The lowest BCUT2D eigenvalue weighted by Gasteiger charge is -2.33. The van der Waals surface area contributed by atoms with E-state index in [1.54, 1.807) is 11.1 Å². The number of hydrogen-bond donors (Lipinski definition) is 0. The predicted octanol–water partition coefficient (Wildman–Crippen LogP) is 15.4. The maximum atomic E-state index is 2.62. The van der Waals surface area contributed by atoms with Gasteiger partial charge >= 0.3 is 0 Å². The van der Waals surface area contributed by atoms with Gasteiger partial charge in [-0.05, 0) is 105 Å². The van der Waals surface area contributed by atoms with Gasteiger partial charge in [0.1, 0.15) is 0 Å². The van der Waals surface area contributed by atoms with Crippen LogP contribution in [0.25, 0.3) is 44.5 Å². The van der Waals surface area contributed by atoms with Crippen LogP contribution in [0.4, 0.5) is 0 Å². The van der Waals surface area contributed by atoms with Gasteiger partial charge in [-0.15, -0.1) is 0 Å². The first-order chi connectivity index (χ1) is 24.9. The van der Waals surface area contributed by atoms with E-state index in [-0.39, 0.29) is 10.8 Å². The van der Waals surface area contributed by atoms with Crippen molar-refractivity contribution in [2.45, 2.75) is 135 Å². The Morgan fingerprint density at radius 2 is 0.804 bits per heavy atom. The van der Waals surface area contributed by atoms with Gasteiger partial charge < -0.3 is 0 Å². The third-order valence-electron chi connectivity index (χ3n) is 12.6. The third kappa shape index (κ3) is 6.89. The number of fused-ring (bicyclic) bond motifs is 6. The van der Waals surface area contributed by atoms with E-state index in [1.165, 1.54) is 151 Å². The van der Waals surface area contributed by atoms with Crippen LogP contribution < -0.4 is 0 Å². The van der Waals surface area contributed by atoms with Crippen LogP contribution in [-0.4, -0.2) is 0 Å². The van der Waals surface area contributed by atoms with Crippen molar-refractivity contribution in [1.82, 2.24) is 0 Å². The second-order valence-electron chi connectivity index (χ2n) is 16.4. The lowest BCUT2D eigenvalue weighted by atomic mass is 9.70. The molecule has 2 aliphatic carbocycles. The van der Waals surface area contributed by atoms with E-state index in [1.807, 2.05) is 0 Å². The van der Waals surface area contributed by atoms with Crippen molar-refractivity contribution in [3.63, 3.8) is 0 Å². The van der Waals surface area contributed by atoms with Gasteiger partial charge in [0.25, 0.3) is 0 Å². The van der Waals surface area contributed by atoms with Crippen molar-refractivity contribution in [2.24, 2.45) is 0 Å².